The van der Waals surface area contributed by atoms with E-state index in [0.29, 0.717) is 5.95 Å². The van der Waals surface area contributed by atoms with Gasteiger partial charge in [0.05, 0.1) is 13.0 Å². The molecule has 0 bridgehead atoms. The molecule has 3 N–H and O–H groups in total. The second kappa shape index (κ2) is 7.02. The van der Waals surface area contributed by atoms with Crippen LogP contribution in [-0.2, 0) is 14.4 Å². The molecule has 108 valence electrons. The van der Waals surface area contributed by atoms with Crippen LogP contribution in [0.2, 0.25) is 0 Å². The number of hydrogen-bond donors (Lipinski definition) is 3. The van der Waals surface area contributed by atoms with Crippen molar-refractivity contribution in [3.63, 3.8) is 0 Å². The van der Waals surface area contributed by atoms with Gasteiger partial charge in [-0.2, -0.15) is 0 Å². The third kappa shape index (κ3) is 4.88. The van der Waals surface area contributed by atoms with Gasteiger partial charge in [0.15, 0.2) is 0 Å². The molecular weight excluding hydrogens is 268 g/mol. The summed E-state index contributed by atoms with van der Waals surface area (Å²) in [7, 11) is 1.56. The van der Waals surface area contributed by atoms with Crippen LogP contribution in [-0.4, -0.2) is 57.7 Å². The molecule has 0 aliphatic heterocycles. The van der Waals surface area contributed by atoms with E-state index in [9.17, 15) is 14.4 Å². The van der Waals surface area contributed by atoms with Gasteiger partial charge in [-0.3, -0.25) is 9.59 Å². The quantitative estimate of drug-likeness (QED) is 0.577. The van der Waals surface area contributed by atoms with Gasteiger partial charge < -0.3 is 20.4 Å². The van der Waals surface area contributed by atoms with Crippen molar-refractivity contribution >= 4 is 23.8 Å². The molecule has 1 atom stereocenters. The number of anilines is 1. The number of rotatable bonds is 7. The Hall–Kier alpha value is -2.71. The molecule has 1 aromatic heterocycles. The van der Waals surface area contributed by atoms with Gasteiger partial charge in [-0.15, -0.1) is 0 Å². The van der Waals surface area contributed by atoms with Crippen LogP contribution in [0.1, 0.15) is 6.42 Å². The molecule has 1 aromatic rings. The van der Waals surface area contributed by atoms with Crippen LogP contribution in [0.25, 0.3) is 0 Å². The van der Waals surface area contributed by atoms with Crippen LogP contribution in [0.4, 0.5) is 5.95 Å². The second-order valence-corrected chi connectivity index (χ2v) is 3.96. The molecule has 0 radical (unpaired) electrons. The first-order chi connectivity index (χ1) is 9.40. The topological polar surface area (TPSA) is 133 Å². The Morgan fingerprint density at radius 1 is 1.30 bits per heavy atom. The number of hydrogen-bond acceptors (Lipinski definition) is 6. The highest BCUT2D eigenvalue weighted by Crippen LogP contribution is 2.01. The van der Waals surface area contributed by atoms with Crippen molar-refractivity contribution in [1.29, 1.82) is 0 Å². The van der Waals surface area contributed by atoms with Gasteiger partial charge in [0, 0.05) is 19.4 Å². The van der Waals surface area contributed by atoms with Gasteiger partial charge in [-0.25, -0.2) is 14.8 Å². The molecule has 0 aliphatic carbocycles. The van der Waals surface area contributed by atoms with Gasteiger partial charge >= 0.3 is 11.9 Å². The van der Waals surface area contributed by atoms with E-state index >= 15 is 0 Å². The Morgan fingerprint density at radius 3 is 2.40 bits per heavy atom. The molecule has 1 unspecified atom stereocenters. The molecule has 1 rings (SSSR count). The molecule has 9 nitrogen and oxygen atoms in total. The number of carboxylic acids is 2. The predicted octanol–water partition coefficient (Wildman–Crippen LogP) is -1.04. The molecule has 9 heteroatoms. The molecule has 0 aliphatic rings. The molecule has 1 amide bonds. The Morgan fingerprint density at radius 2 is 1.90 bits per heavy atom. The standard InChI is InChI=1S/C11H14N4O5/c1-15(11-12-3-2-4-13-11)6-8(16)14-7(10(19)20)5-9(17)18/h2-4,7H,5-6H2,1H3,(H,14,16)(H,17,18)(H,19,20). The molecule has 20 heavy (non-hydrogen) atoms. The molecular formula is C11H14N4O5. The molecule has 0 aromatic carbocycles. The molecule has 0 saturated carbocycles. The number of carbonyl (C=O) groups is 3. The first-order valence-corrected chi connectivity index (χ1v) is 5.62. The summed E-state index contributed by atoms with van der Waals surface area (Å²) in [6, 6.07) is 0.148. The van der Waals surface area contributed by atoms with Crippen molar-refractivity contribution in [3.05, 3.63) is 18.5 Å². The van der Waals surface area contributed by atoms with Crippen molar-refractivity contribution in [2.24, 2.45) is 0 Å². The highest BCUT2D eigenvalue weighted by Gasteiger charge is 2.23. The molecule has 0 fully saturated rings. The lowest BCUT2D eigenvalue weighted by atomic mass is 10.2. The van der Waals surface area contributed by atoms with Gasteiger partial charge in [-0.1, -0.05) is 0 Å². The maximum atomic E-state index is 11.7. The minimum absolute atomic E-state index is 0.187. The predicted molar refractivity (Wildman–Crippen MR) is 67.1 cm³/mol. The van der Waals surface area contributed by atoms with Crippen molar-refractivity contribution < 1.29 is 24.6 Å². The zero-order chi connectivity index (χ0) is 15.1. The van der Waals surface area contributed by atoms with E-state index in [-0.39, 0.29) is 6.54 Å². The summed E-state index contributed by atoms with van der Waals surface area (Å²) in [5.41, 5.74) is 0. The zero-order valence-electron chi connectivity index (χ0n) is 10.7. The summed E-state index contributed by atoms with van der Waals surface area (Å²) in [6.07, 6.45) is 2.31. The number of amides is 1. The van der Waals surface area contributed by atoms with E-state index in [2.05, 4.69) is 15.3 Å². The molecule has 0 spiro atoms. The van der Waals surface area contributed by atoms with E-state index in [4.69, 9.17) is 10.2 Å². The van der Waals surface area contributed by atoms with Gasteiger partial charge in [0.25, 0.3) is 0 Å². The smallest absolute Gasteiger partial charge is 0.326 e. The number of carbonyl (C=O) groups excluding carboxylic acids is 1. The largest absolute Gasteiger partial charge is 0.481 e. The van der Waals surface area contributed by atoms with E-state index in [0.717, 1.165) is 0 Å². The fourth-order valence-electron chi connectivity index (χ4n) is 1.39. The van der Waals surface area contributed by atoms with Gasteiger partial charge in [0.1, 0.15) is 6.04 Å². The average Bonchev–Trinajstić information content (AvgIpc) is 2.38. The van der Waals surface area contributed by atoms with Crippen molar-refractivity contribution in [1.82, 2.24) is 15.3 Å². The van der Waals surface area contributed by atoms with Crippen molar-refractivity contribution in [2.45, 2.75) is 12.5 Å². The van der Waals surface area contributed by atoms with Gasteiger partial charge in [0.2, 0.25) is 11.9 Å². The number of carboxylic acid groups (broad SMARTS) is 2. The summed E-state index contributed by atoms with van der Waals surface area (Å²) in [5, 5.41) is 19.5. The second-order valence-electron chi connectivity index (χ2n) is 3.96. The number of aliphatic carboxylic acids is 2. The SMILES string of the molecule is CN(CC(=O)NC(CC(=O)O)C(=O)O)c1ncccn1. The molecule has 1 heterocycles. The first kappa shape index (κ1) is 15.3. The number of aromatic nitrogens is 2. The fraction of sp³-hybridized carbons (Fsp3) is 0.364. The maximum Gasteiger partial charge on any atom is 0.326 e. The zero-order valence-corrected chi connectivity index (χ0v) is 10.7. The summed E-state index contributed by atoms with van der Waals surface area (Å²) >= 11 is 0. The maximum absolute atomic E-state index is 11.7. The van der Waals surface area contributed by atoms with Crippen LogP contribution < -0.4 is 10.2 Å². The lowest BCUT2D eigenvalue weighted by Crippen LogP contribution is -2.46. The fourth-order valence-corrected chi connectivity index (χ4v) is 1.39. The highest BCUT2D eigenvalue weighted by atomic mass is 16.4. The minimum atomic E-state index is -1.47. The van der Waals surface area contributed by atoms with E-state index in [1.807, 2.05) is 0 Å². The van der Waals surface area contributed by atoms with E-state index in [1.165, 1.54) is 17.3 Å². The van der Waals surface area contributed by atoms with Crippen molar-refractivity contribution in [2.75, 3.05) is 18.5 Å². The summed E-state index contributed by atoms with van der Waals surface area (Å²) in [5.74, 6) is -3.04. The van der Waals surface area contributed by atoms with Crippen LogP contribution in [0.15, 0.2) is 18.5 Å². The van der Waals surface area contributed by atoms with E-state index in [1.54, 1.807) is 13.1 Å². The lowest BCUT2D eigenvalue weighted by Gasteiger charge is -2.18. The third-order valence-electron chi connectivity index (χ3n) is 2.29. The Kier molecular flexibility index (Phi) is 5.39. The number of nitrogens with zero attached hydrogens (tertiary/aromatic N) is 3. The number of likely N-dealkylation sites (N-methyl/N-ethyl adjacent to an activating group) is 1. The van der Waals surface area contributed by atoms with Crippen LogP contribution in [0, 0.1) is 0 Å². The number of nitrogens with one attached hydrogen (secondary N) is 1. The Bertz CT molecular complexity index is 493. The minimum Gasteiger partial charge on any atom is -0.481 e. The van der Waals surface area contributed by atoms with Crippen molar-refractivity contribution in [3.8, 4) is 0 Å². The van der Waals surface area contributed by atoms with E-state index < -0.39 is 30.3 Å². The Balaban J connectivity index is 2.57. The van der Waals surface area contributed by atoms with Crippen LogP contribution >= 0.6 is 0 Å². The lowest BCUT2D eigenvalue weighted by molar-refractivity contribution is -0.147. The first-order valence-electron chi connectivity index (χ1n) is 5.62. The van der Waals surface area contributed by atoms with Crippen LogP contribution in [0.3, 0.4) is 0 Å². The summed E-state index contributed by atoms with van der Waals surface area (Å²) in [4.78, 5) is 42.2. The monoisotopic (exact) mass is 282 g/mol. The van der Waals surface area contributed by atoms with Crippen LogP contribution in [0.5, 0.6) is 0 Å². The third-order valence-corrected chi connectivity index (χ3v) is 2.29. The normalized spacial score (nSPS) is 11.4. The average molecular weight is 282 g/mol. The summed E-state index contributed by atoms with van der Waals surface area (Å²) in [6.45, 7) is -0.187. The Labute approximate surface area is 114 Å². The summed E-state index contributed by atoms with van der Waals surface area (Å²) < 4.78 is 0. The van der Waals surface area contributed by atoms with Gasteiger partial charge in [-0.05, 0) is 6.07 Å². The highest BCUT2D eigenvalue weighted by molar-refractivity contribution is 5.88. The molecule has 0 saturated heterocycles.